The Hall–Kier alpha value is -3.85. The van der Waals surface area contributed by atoms with E-state index in [9.17, 15) is 14.4 Å². The third kappa shape index (κ3) is 6.48. The van der Waals surface area contributed by atoms with E-state index in [4.69, 9.17) is 26.8 Å². The second kappa shape index (κ2) is 11.5. The molecule has 4 rings (SSSR count). The lowest BCUT2D eigenvalue weighted by molar-refractivity contribution is -0.121. The monoisotopic (exact) mass is 524 g/mol. The molecule has 3 N–H and O–H groups in total. The van der Waals surface area contributed by atoms with Crippen molar-refractivity contribution >= 4 is 35.1 Å². The van der Waals surface area contributed by atoms with Crippen LogP contribution in [0.5, 0.6) is 5.88 Å². The van der Waals surface area contributed by atoms with Crippen LogP contribution in [0.4, 0.5) is 5.82 Å². The number of esters is 1. The van der Waals surface area contributed by atoms with Crippen LogP contribution < -0.4 is 15.8 Å². The number of nitrogens with zero attached hydrogens (tertiary/aromatic N) is 2. The minimum atomic E-state index is -0.715. The number of nitrogens with one attached hydrogen (secondary N) is 1. The van der Waals surface area contributed by atoms with E-state index in [0.717, 1.165) is 24.0 Å². The second-order valence-corrected chi connectivity index (χ2v) is 9.34. The van der Waals surface area contributed by atoms with Crippen LogP contribution in [-0.4, -0.2) is 46.7 Å². The van der Waals surface area contributed by atoms with Gasteiger partial charge in [0.2, 0.25) is 0 Å². The summed E-state index contributed by atoms with van der Waals surface area (Å²) in [7, 11) is 0. The first-order valence-corrected chi connectivity index (χ1v) is 12.5. The highest BCUT2D eigenvalue weighted by Crippen LogP contribution is 2.30. The molecule has 1 aliphatic carbocycles. The second-order valence-electron chi connectivity index (χ2n) is 8.90. The summed E-state index contributed by atoms with van der Waals surface area (Å²) in [6.45, 7) is 3.33. The molecule has 1 heterocycles. The standard InChI is InChI=1S/C27H29ClN4O5/c1-3-36-27(35)23-24(29)32(22-14-18(9-7-16(22)2)25(34)30-20-10-11-20)31-26(23)37-15-21(33)12-8-17-5-4-6-19(28)13-17/h4-7,9,13-14,20H,3,8,10-12,15,29H2,1-2H3,(H,30,34). The number of anilines is 1. The summed E-state index contributed by atoms with van der Waals surface area (Å²) in [5, 5.41) is 7.94. The van der Waals surface area contributed by atoms with Crippen LogP contribution in [0.15, 0.2) is 42.5 Å². The Balaban J connectivity index is 1.55. The molecule has 1 aliphatic rings. The lowest BCUT2D eigenvalue weighted by Gasteiger charge is -2.11. The molecule has 0 spiro atoms. The van der Waals surface area contributed by atoms with Crippen molar-refractivity contribution in [1.82, 2.24) is 15.1 Å². The summed E-state index contributed by atoms with van der Waals surface area (Å²) >= 11 is 6.01. The van der Waals surface area contributed by atoms with Crippen LogP contribution in [0.3, 0.4) is 0 Å². The Morgan fingerprint density at radius 3 is 2.68 bits per heavy atom. The number of Topliss-reactive ketones (excluding diaryl/α,β-unsaturated/α-hetero) is 1. The smallest absolute Gasteiger partial charge is 0.347 e. The predicted molar refractivity (Wildman–Crippen MR) is 139 cm³/mol. The minimum absolute atomic E-state index is 0.0114. The maximum atomic E-state index is 12.7. The van der Waals surface area contributed by atoms with E-state index in [-0.39, 0.29) is 54.6 Å². The number of nitrogen functional groups attached to an aromatic ring is 1. The van der Waals surface area contributed by atoms with Gasteiger partial charge in [-0.05, 0) is 68.5 Å². The number of aromatic nitrogens is 2. The van der Waals surface area contributed by atoms with Crippen molar-refractivity contribution in [1.29, 1.82) is 0 Å². The zero-order valence-corrected chi connectivity index (χ0v) is 21.5. The first-order valence-electron chi connectivity index (χ1n) is 12.1. The zero-order valence-electron chi connectivity index (χ0n) is 20.8. The van der Waals surface area contributed by atoms with Crippen LogP contribution in [0, 0.1) is 6.92 Å². The Kier molecular flexibility index (Phi) is 8.13. The van der Waals surface area contributed by atoms with Crippen molar-refractivity contribution in [3.63, 3.8) is 0 Å². The summed E-state index contributed by atoms with van der Waals surface area (Å²) in [4.78, 5) is 37.8. The zero-order chi connectivity index (χ0) is 26.5. The highest BCUT2D eigenvalue weighted by Gasteiger charge is 2.28. The highest BCUT2D eigenvalue weighted by atomic mass is 35.5. The number of ketones is 1. The van der Waals surface area contributed by atoms with Gasteiger partial charge in [-0.3, -0.25) is 9.59 Å². The average Bonchev–Trinajstić information content (AvgIpc) is 3.62. The number of hydrogen-bond acceptors (Lipinski definition) is 7. The fourth-order valence-electron chi connectivity index (χ4n) is 3.76. The topological polar surface area (TPSA) is 126 Å². The molecular formula is C27H29ClN4O5. The molecule has 1 saturated carbocycles. The van der Waals surface area contributed by atoms with Crippen LogP contribution in [0.25, 0.3) is 5.69 Å². The van der Waals surface area contributed by atoms with E-state index < -0.39 is 5.97 Å². The van der Waals surface area contributed by atoms with Crippen molar-refractivity contribution in [2.24, 2.45) is 0 Å². The quantitative estimate of drug-likeness (QED) is 0.362. The molecule has 3 aromatic rings. The van der Waals surface area contributed by atoms with E-state index in [2.05, 4.69) is 10.4 Å². The molecule has 37 heavy (non-hydrogen) atoms. The van der Waals surface area contributed by atoms with E-state index >= 15 is 0 Å². The fourth-order valence-corrected chi connectivity index (χ4v) is 3.98. The summed E-state index contributed by atoms with van der Waals surface area (Å²) in [6, 6.07) is 12.7. The molecule has 1 aromatic heterocycles. The first kappa shape index (κ1) is 26.2. The number of ether oxygens (including phenoxy) is 2. The molecule has 194 valence electrons. The van der Waals surface area contributed by atoms with Gasteiger partial charge in [0.15, 0.2) is 11.3 Å². The third-order valence-corrected chi connectivity index (χ3v) is 6.17. The van der Waals surface area contributed by atoms with Gasteiger partial charge in [0, 0.05) is 23.0 Å². The largest absolute Gasteiger partial charge is 0.468 e. The number of nitrogens with two attached hydrogens (primary N) is 1. The summed E-state index contributed by atoms with van der Waals surface area (Å²) in [5.41, 5.74) is 8.92. The van der Waals surface area contributed by atoms with Gasteiger partial charge >= 0.3 is 5.97 Å². The van der Waals surface area contributed by atoms with Crippen molar-refractivity contribution in [3.05, 3.63) is 69.7 Å². The molecule has 10 heteroatoms. The summed E-state index contributed by atoms with van der Waals surface area (Å²) in [5.74, 6) is -1.21. The lowest BCUT2D eigenvalue weighted by atomic mass is 10.1. The first-order chi connectivity index (χ1) is 17.8. The number of benzene rings is 2. The molecule has 0 saturated heterocycles. The molecule has 2 aromatic carbocycles. The molecule has 1 fully saturated rings. The van der Waals surface area contributed by atoms with Crippen LogP contribution in [0.2, 0.25) is 5.02 Å². The number of halogens is 1. The van der Waals surface area contributed by atoms with Gasteiger partial charge in [0.25, 0.3) is 11.8 Å². The number of carbonyl (C=O) groups excluding carboxylic acids is 3. The Labute approximate surface area is 219 Å². The number of amides is 1. The van der Waals surface area contributed by atoms with Crippen LogP contribution in [-0.2, 0) is 16.0 Å². The molecule has 1 amide bonds. The molecule has 0 bridgehead atoms. The Morgan fingerprint density at radius 1 is 1.19 bits per heavy atom. The number of rotatable bonds is 11. The van der Waals surface area contributed by atoms with Crippen LogP contribution >= 0.6 is 11.6 Å². The van der Waals surface area contributed by atoms with E-state index in [1.807, 2.05) is 19.1 Å². The van der Waals surface area contributed by atoms with Gasteiger partial charge in [0.05, 0.1) is 12.3 Å². The van der Waals surface area contributed by atoms with Gasteiger partial charge in [-0.2, -0.15) is 0 Å². The van der Waals surface area contributed by atoms with E-state index in [0.29, 0.717) is 22.7 Å². The summed E-state index contributed by atoms with van der Waals surface area (Å²) < 4.78 is 12.2. The highest BCUT2D eigenvalue weighted by molar-refractivity contribution is 6.30. The lowest BCUT2D eigenvalue weighted by Crippen LogP contribution is -2.25. The van der Waals surface area contributed by atoms with Gasteiger partial charge in [-0.25, -0.2) is 9.48 Å². The van der Waals surface area contributed by atoms with Crippen molar-refractivity contribution in [3.8, 4) is 11.6 Å². The molecular weight excluding hydrogens is 496 g/mol. The maximum absolute atomic E-state index is 12.7. The van der Waals surface area contributed by atoms with E-state index in [1.54, 1.807) is 37.3 Å². The van der Waals surface area contributed by atoms with E-state index in [1.165, 1.54) is 4.68 Å². The Morgan fingerprint density at radius 2 is 1.97 bits per heavy atom. The SMILES string of the molecule is CCOC(=O)c1c(OCC(=O)CCc2cccc(Cl)c2)nn(-c2cc(C(=O)NC3CC3)ccc2C)c1N. The maximum Gasteiger partial charge on any atom is 0.347 e. The molecule has 0 atom stereocenters. The normalized spacial score (nSPS) is 12.7. The van der Waals surface area contributed by atoms with Crippen LogP contribution in [0.1, 0.15) is 58.0 Å². The van der Waals surface area contributed by atoms with Gasteiger partial charge in [0.1, 0.15) is 12.4 Å². The predicted octanol–water partition coefficient (Wildman–Crippen LogP) is 4.07. The van der Waals surface area contributed by atoms with Crippen molar-refractivity contribution in [2.45, 2.75) is 45.6 Å². The minimum Gasteiger partial charge on any atom is -0.468 e. The summed E-state index contributed by atoms with van der Waals surface area (Å²) in [6.07, 6.45) is 2.66. The van der Waals surface area contributed by atoms with Gasteiger partial charge in [-0.15, -0.1) is 5.10 Å². The number of hydrogen-bond donors (Lipinski definition) is 2. The molecule has 9 nitrogen and oxygen atoms in total. The van der Waals surface area contributed by atoms with Crippen molar-refractivity contribution < 1.29 is 23.9 Å². The van der Waals surface area contributed by atoms with Crippen molar-refractivity contribution in [2.75, 3.05) is 18.9 Å². The van der Waals surface area contributed by atoms with Gasteiger partial charge in [-0.1, -0.05) is 29.8 Å². The Bertz CT molecular complexity index is 1330. The van der Waals surface area contributed by atoms with Gasteiger partial charge < -0.3 is 20.5 Å². The number of carbonyl (C=O) groups is 3. The molecule has 0 radical (unpaired) electrons. The molecule has 0 unspecified atom stereocenters. The number of aryl methyl sites for hydroxylation is 2. The molecule has 0 aliphatic heterocycles. The third-order valence-electron chi connectivity index (χ3n) is 5.93. The fraction of sp³-hybridized carbons (Fsp3) is 0.333. The average molecular weight is 525 g/mol.